The second-order valence-corrected chi connectivity index (χ2v) is 9.04. The second kappa shape index (κ2) is 14.1. The number of aliphatic carboxylic acids is 1. The van der Waals surface area contributed by atoms with Crippen LogP contribution >= 0.6 is 0 Å². The molecule has 0 aliphatic carbocycles. The van der Waals surface area contributed by atoms with E-state index in [1.165, 1.54) is 6.92 Å². The van der Waals surface area contributed by atoms with E-state index in [-0.39, 0.29) is 24.2 Å². The van der Waals surface area contributed by atoms with Gasteiger partial charge in [0.05, 0.1) is 12.1 Å². The average Bonchev–Trinajstić information content (AvgIpc) is 2.72. The topological polar surface area (TPSA) is 171 Å². The van der Waals surface area contributed by atoms with Gasteiger partial charge in [0.15, 0.2) is 0 Å². The predicted octanol–water partition coefficient (Wildman–Crippen LogP) is 0.372. The molecule has 0 bridgehead atoms. The van der Waals surface area contributed by atoms with Crippen LogP contribution in [-0.2, 0) is 19.2 Å². The number of aliphatic hydroxyl groups excluding tert-OH is 1. The third-order valence-electron chi connectivity index (χ3n) is 5.74. The minimum Gasteiger partial charge on any atom is -0.480 e. The first-order valence-electron chi connectivity index (χ1n) is 11.3. The number of aliphatic hydroxyl groups is 1. The Morgan fingerprint density at radius 1 is 0.781 bits per heavy atom. The fraction of sp³-hybridized carbons (Fsp3) is 0.818. The van der Waals surface area contributed by atoms with Gasteiger partial charge >= 0.3 is 5.97 Å². The summed E-state index contributed by atoms with van der Waals surface area (Å²) in [5.74, 6) is -3.54. The summed E-state index contributed by atoms with van der Waals surface area (Å²) in [6.07, 6.45) is 0.220. The zero-order valence-corrected chi connectivity index (χ0v) is 20.3. The summed E-state index contributed by atoms with van der Waals surface area (Å²) in [5.41, 5.74) is 5.91. The molecule has 0 spiro atoms. The van der Waals surface area contributed by atoms with E-state index in [9.17, 15) is 29.4 Å². The van der Waals surface area contributed by atoms with Crippen molar-refractivity contribution in [3.63, 3.8) is 0 Å². The standard InChI is InChI=1S/C22H42N4O6/c1-8-12(5)16(23)20(29)26-18(14(7)27)21(30)24-15(10-11(3)4)19(28)25-17(22(31)32)13(6)9-2/h11-18,27H,8-10,23H2,1-7H3,(H,24,30)(H,25,28)(H,26,29)(H,31,32). The van der Waals surface area contributed by atoms with Gasteiger partial charge in [0.2, 0.25) is 17.7 Å². The number of carbonyl (C=O) groups is 4. The van der Waals surface area contributed by atoms with Crippen LogP contribution in [0.5, 0.6) is 0 Å². The van der Waals surface area contributed by atoms with Crippen molar-refractivity contribution < 1.29 is 29.4 Å². The molecule has 10 nitrogen and oxygen atoms in total. The summed E-state index contributed by atoms with van der Waals surface area (Å²) in [5, 5.41) is 27.0. The first kappa shape index (κ1) is 29.8. The van der Waals surface area contributed by atoms with Crippen LogP contribution in [0, 0.1) is 17.8 Å². The van der Waals surface area contributed by atoms with Crippen molar-refractivity contribution in [1.29, 1.82) is 0 Å². The van der Waals surface area contributed by atoms with Crippen molar-refractivity contribution in [3.05, 3.63) is 0 Å². The zero-order chi connectivity index (χ0) is 25.2. The molecule has 0 saturated heterocycles. The number of carboxylic acid groups (broad SMARTS) is 1. The summed E-state index contributed by atoms with van der Waals surface area (Å²) in [6, 6.07) is -4.30. The largest absolute Gasteiger partial charge is 0.480 e. The van der Waals surface area contributed by atoms with E-state index in [4.69, 9.17) is 5.73 Å². The van der Waals surface area contributed by atoms with Crippen LogP contribution in [-0.4, -0.2) is 64.2 Å². The number of hydrogen-bond acceptors (Lipinski definition) is 6. The molecule has 7 N–H and O–H groups in total. The van der Waals surface area contributed by atoms with Crippen LogP contribution in [0.1, 0.15) is 67.7 Å². The number of amides is 3. The van der Waals surface area contributed by atoms with Gasteiger partial charge < -0.3 is 31.9 Å². The highest BCUT2D eigenvalue weighted by molar-refractivity contribution is 5.94. The Labute approximate surface area is 191 Å². The lowest BCUT2D eigenvalue weighted by Crippen LogP contribution is -2.60. The zero-order valence-electron chi connectivity index (χ0n) is 20.3. The van der Waals surface area contributed by atoms with Gasteiger partial charge in [0, 0.05) is 0 Å². The number of hydrogen-bond donors (Lipinski definition) is 6. The number of carboxylic acids is 1. The molecule has 0 rings (SSSR count). The van der Waals surface area contributed by atoms with Crippen LogP contribution in [0.2, 0.25) is 0 Å². The van der Waals surface area contributed by atoms with E-state index in [1.54, 1.807) is 13.8 Å². The Kier molecular flexibility index (Phi) is 13.1. The van der Waals surface area contributed by atoms with Gasteiger partial charge in [-0.1, -0.05) is 54.4 Å². The molecule has 0 saturated carbocycles. The molecule has 0 heterocycles. The lowest BCUT2D eigenvalue weighted by molar-refractivity contribution is -0.144. The first-order valence-corrected chi connectivity index (χ1v) is 11.3. The Hall–Kier alpha value is -2.20. The lowest BCUT2D eigenvalue weighted by atomic mass is 9.97. The molecule has 3 amide bonds. The number of rotatable bonds is 14. The molecule has 7 unspecified atom stereocenters. The molecule has 0 aromatic heterocycles. The van der Waals surface area contributed by atoms with E-state index < -0.39 is 54.0 Å². The van der Waals surface area contributed by atoms with Crippen LogP contribution in [0.15, 0.2) is 0 Å². The lowest BCUT2D eigenvalue weighted by Gasteiger charge is -2.28. The maximum atomic E-state index is 12.9. The molecular formula is C22H42N4O6. The van der Waals surface area contributed by atoms with Gasteiger partial charge in [-0.25, -0.2) is 4.79 Å². The van der Waals surface area contributed by atoms with Crippen molar-refractivity contribution in [2.24, 2.45) is 23.5 Å². The van der Waals surface area contributed by atoms with Gasteiger partial charge in [0.25, 0.3) is 0 Å². The smallest absolute Gasteiger partial charge is 0.326 e. The maximum absolute atomic E-state index is 12.9. The monoisotopic (exact) mass is 458 g/mol. The summed E-state index contributed by atoms with van der Waals surface area (Å²) in [4.78, 5) is 49.7. The van der Waals surface area contributed by atoms with Crippen LogP contribution in [0.3, 0.4) is 0 Å². The molecule has 0 fully saturated rings. The number of nitrogens with one attached hydrogen (secondary N) is 3. The van der Waals surface area contributed by atoms with Crippen LogP contribution < -0.4 is 21.7 Å². The molecular weight excluding hydrogens is 416 g/mol. The highest BCUT2D eigenvalue weighted by Gasteiger charge is 2.34. The summed E-state index contributed by atoms with van der Waals surface area (Å²) >= 11 is 0. The SMILES string of the molecule is CCC(C)C(N)C(=O)NC(C(=O)NC(CC(C)C)C(=O)NC(C(=O)O)C(C)CC)C(C)O. The summed E-state index contributed by atoms with van der Waals surface area (Å²) < 4.78 is 0. The normalized spacial score (nSPS) is 17.9. The van der Waals surface area contributed by atoms with E-state index in [1.807, 2.05) is 27.7 Å². The molecule has 0 aromatic carbocycles. The second-order valence-electron chi connectivity index (χ2n) is 9.04. The first-order chi connectivity index (χ1) is 14.8. The predicted molar refractivity (Wildman–Crippen MR) is 121 cm³/mol. The van der Waals surface area contributed by atoms with Gasteiger partial charge in [-0.2, -0.15) is 0 Å². The Balaban J connectivity index is 5.51. The third kappa shape index (κ3) is 9.52. The highest BCUT2D eigenvalue weighted by atomic mass is 16.4. The van der Waals surface area contributed by atoms with E-state index >= 15 is 0 Å². The Morgan fingerprint density at radius 2 is 1.28 bits per heavy atom. The molecule has 0 radical (unpaired) electrons. The van der Waals surface area contributed by atoms with Crippen LogP contribution in [0.4, 0.5) is 0 Å². The molecule has 0 aliphatic heterocycles. The fourth-order valence-electron chi connectivity index (χ4n) is 3.07. The highest BCUT2D eigenvalue weighted by Crippen LogP contribution is 2.11. The average molecular weight is 459 g/mol. The molecule has 7 atom stereocenters. The Morgan fingerprint density at radius 3 is 1.69 bits per heavy atom. The van der Waals surface area contributed by atoms with Crippen molar-refractivity contribution in [3.8, 4) is 0 Å². The number of nitrogens with two attached hydrogens (primary N) is 1. The molecule has 32 heavy (non-hydrogen) atoms. The number of carbonyl (C=O) groups excluding carboxylic acids is 3. The molecule has 10 heteroatoms. The Bertz CT molecular complexity index is 640. The molecule has 0 aliphatic rings. The summed E-state index contributed by atoms with van der Waals surface area (Å²) in [7, 11) is 0. The molecule has 0 aromatic rings. The minimum absolute atomic E-state index is 0.0105. The van der Waals surface area contributed by atoms with E-state index in [0.717, 1.165) is 0 Å². The van der Waals surface area contributed by atoms with Crippen molar-refractivity contribution in [2.45, 2.75) is 98.0 Å². The summed E-state index contributed by atoms with van der Waals surface area (Å²) in [6.45, 7) is 12.3. The quantitative estimate of drug-likeness (QED) is 0.218. The third-order valence-corrected chi connectivity index (χ3v) is 5.74. The van der Waals surface area contributed by atoms with E-state index in [2.05, 4.69) is 16.0 Å². The minimum atomic E-state index is -1.31. The van der Waals surface area contributed by atoms with Gasteiger partial charge in [-0.15, -0.1) is 0 Å². The fourth-order valence-corrected chi connectivity index (χ4v) is 3.07. The van der Waals surface area contributed by atoms with Gasteiger partial charge in [-0.3, -0.25) is 14.4 Å². The maximum Gasteiger partial charge on any atom is 0.326 e. The van der Waals surface area contributed by atoms with Crippen LogP contribution in [0.25, 0.3) is 0 Å². The van der Waals surface area contributed by atoms with Crippen molar-refractivity contribution >= 4 is 23.7 Å². The van der Waals surface area contributed by atoms with E-state index in [0.29, 0.717) is 12.8 Å². The van der Waals surface area contributed by atoms with Crippen molar-refractivity contribution in [1.82, 2.24) is 16.0 Å². The van der Waals surface area contributed by atoms with Gasteiger partial charge in [-0.05, 0) is 31.1 Å². The van der Waals surface area contributed by atoms with Gasteiger partial charge in [0.1, 0.15) is 18.1 Å². The van der Waals surface area contributed by atoms with Crippen molar-refractivity contribution in [2.75, 3.05) is 0 Å². The molecule has 186 valence electrons.